The molecule has 2 aromatic rings. The Balaban J connectivity index is 2.00. The van der Waals surface area contributed by atoms with Crippen LogP contribution >= 0.6 is 11.3 Å². The van der Waals surface area contributed by atoms with Gasteiger partial charge in [0.15, 0.2) is 0 Å². The Morgan fingerprint density at radius 1 is 1.30 bits per heavy atom. The van der Waals surface area contributed by atoms with Gasteiger partial charge in [-0.15, -0.1) is 10.2 Å². The molecule has 0 bridgehead atoms. The predicted octanol–water partition coefficient (Wildman–Crippen LogP) is 2.28. The van der Waals surface area contributed by atoms with Crippen LogP contribution in [-0.2, 0) is 4.79 Å². The van der Waals surface area contributed by atoms with E-state index in [1.807, 2.05) is 0 Å². The lowest BCUT2D eigenvalue weighted by molar-refractivity contribution is -0.131. The van der Waals surface area contributed by atoms with Crippen LogP contribution in [0, 0.1) is 0 Å². The van der Waals surface area contributed by atoms with Gasteiger partial charge in [-0.3, -0.25) is 5.32 Å². The second kappa shape index (κ2) is 6.43. The summed E-state index contributed by atoms with van der Waals surface area (Å²) in [6, 6.07) is 6.34. The molecule has 7 nitrogen and oxygen atoms in total. The number of nitrogens with one attached hydrogen (secondary N) is 2. The zero-order chi connectivity index (χ0) is 14.4. The van der Waals surface area contributed by atoms with Gasteiger partial charge in [0.05, 0.1) is 0 Å². The van der Waals surface area contributed by atoms with Gasteiger partial charge in [0, 0.05) is 11.8 Å². The van der Waals surface area contributed by atoms with Gasteiger partial charge in [-0.1, -0.05) is 23.5 Å². The van der Waals surface area contributed by atoms with E-state index in [1.54, 1.807) is 24.3 Å². The quantitative estimate of drug-likeness (QED) is 0.749. The van der Waals surface area contributed by atoms with Crippen molar-refractivity contribution in [3.05, 3.63) is 41.4 Å². The molecule has 1 heterocycles. The number of urea groups is 1. The van der Waals surface area contributed by atoms with E-state index >= 15 is 0 Å². The molecule has 1 aromatic carbocycles. The average molecular weight is 290 g/mol. The number of anilines is 2. The second-order valence-corrected chi connectivity index (χ2v) is 4.45. The summed E-state index contributed by atoms with van der Waals surface area (Å²) >= 11 is 1.21. The molecule has 102 valence electrons. The molecule has 0 aliphatic rings. The van der Waals surface area contributed by atoms with Gasteiger partial charge in [0.25, 0.3) is 0 Å². The van der Waals surface area contributed by atoms with Crippen molar-refractivity contribution < 1.29 is 14.7 Å². The molecule has 2 rings (SSSR count). The minimum atomic E-state index is -1.03. The lowest BCUT2D eigenvalue weighted by atomic mass is 10.2. The lowest BCUT2D eigenvalue weighted by Gasteiger charge is -2.05. The summed E-state index contributed by atoms with van der Waals surface area (Å²) in [4.78, 5) is 22.1. The molecule has 0 spiro atoms. The number of carbonyl (C=O) groups is 2. The van der Waals surface area contributed by atoms with Crippen LogP contribution in [0.1, 0.15) is 5.56 Å². The number of hydrogen-bond acceptors (Lipinski definition) is 5. The minimum absolute atomic E-state index is 0.393. The summed E-state index contributed by atoms with van der Waals surface area (Å²) < 4.78 is 0. The van der Waals surface area contributed by atoms with E-state index in [9.17, 15) is 9.59 Å². The first-order valence-corrected chi connectivity index (χ1v) is 6.37. The van der Waals surface area contributed by atoms with Crippen LogP contribution in [0.4, 0.5) is 15.6 Å². The van der Waals surface area contributed by atoms with E-state index in [1.165, 1.54) is 22.9 Å². The van der Waals surface area contributed by atoms with Gasteiger partial charge in [-0.05, 0) is 23.8 Å². The van der Waals surface area contributed by atoms with Crippen molar-refractivity contribution in [2.45, 2.75) is 0 Å². The zero-order valence-electron chi connectivity index (χ0n) is 10.1. The van der Waals surface area contributed by atoms with E-state index in [4.69, 9.17) is 5.11 Å². The molecular weight excluding hydrogens is 280 g/mol. The van der Waals surface area contributed by atoms with Gasteiger partial charge >= 0.3 is 12.0 Å². The fraction of sp³-hybridized carbons (Fsp3) is 0. The standard InChI is InChI=1S/C12H10N4O3S/c17-10(18)5-4-8-2-1-3-9(6-8)14-11(19)15-12-16-13-7-20-12/h1-7H,(H,17,18)(H2,14,15,16,19)/b5-4+. The van der Waals surface area contributed by atoms with Crippen molar-refractivity contribution in [2.24, 2.45) is 0 Å². The van der Waals surface area contributed by atoms with E-state index in [2.05, 4.69) is 20.8 Å². The number of carbonyl (C=O) groups excluding carboxylic acids is 1. The third-order valence-electron chi connectivity index (χ3n) is 2.14. The van der Waals surface area contributed by atoms with Crippen molar-refractivity contribution in [3.63, 3.8) is 0 Å². The van der Waals surface area contributed by atoms with E-state index < -0.39 is 12.0 Å². The fourth-order valence-corrected chi connectivity index (χ4v) is 1.81. The molecule has 0 radical (unpaired) electrons. The molecule has 0 unspecified atom stereocenters. The van der Waals surface area contributed by atoms with Crippen molar-refractivity contribution in [2.75, 3.05) is 10.6 Å². The maximum atomic E-state index is 11.7. The highest BCUT2D eigenvalue weighted by Gasteiger charge is 2.04. The zero-order valence-corrected chi connectivity index (χ0v) is 10.9. The van der Waals surface area contributed by atoms with Crippen molar-refractivity contribution in [1.29, 1.82) is 0 Å². The van der Waals surface area contributed by atoms with Crippen molar-refractivity contribution >= 4 is 40.2 Å². The van der Waals surface area contributed by atoms with Crippen LogP contribution in [0.15, 0.2) is 35.9 Å². The number of nitrogens with zero attached hydrogens (tertiary/aromatic N) is 2. The van der Waals surface area contributed by atoms with Gasteiger partial charge in [0.2, 0.25) is 5.13 Å². The molecular formula is C12H10N4O3S. The van der Waals surface area contributed by atoms with E-state index in [0.717, 1.165) is 6.08 Å². The van der Waals surface area contributed by atoms with E-state index in [-0.39, 0.29) is 0 Å². The summed E-state index contributed by atoms with van der Waals surface area (Å²) in [6.45, 7) is 0. The number of carboxylic acids is 1. The Morgan fingerprint density at radius 3 is 2.85 bits per heavy atom. The number of amides is 2. The maximum absolute atomic E-state index is 11.7. The van der Waals surface area contributed by atoms with Gasteiger partial charge in [-0.2, -0.15) is 0 Å². The Hall–Kier alpha value is -2.74. The first-order chi connectivity index (χ1) is 9.63. The van der Waals surface area contributed by atoms with Crippen LogP contribution in [-0.4, -0.2) is 27.3 Å². The summed E-state index contributed by atoms with van der Waals surface area (Å²) in [6.07, 6.45) is 2.47. The molecule has 1 aromatic heterocycles. The van der Waals surface area contributed by atoms with Gasteiger partial charge in [-0.25, -0.2) is 9.59 Å². The topological polar surface area (TPSA) is 104 Å². The average Bonchev–Trinajstić information content (AvgIpc) is 2.89. The highest BCUT2D eigenvalue weighted by Crippen LogP contribution is 2.13. The molecule has 8 heteroatoms. The van der Waals surface area contributed by atoms with Crippen LogP contribution in [0.3, 0.4) is 0 Å². The SMILES string of the molecule is O=C(O)/C=C/c1cccc(NC(=O)Nc2nncs2)c1. The lowest BCUT2D eigenvalue weighted by Crippen LogP contribution is -2.19. The molecule has 0 saturated carbocycles. The van der Waals surface area contributed by atoms with Crippen LogP contribution in [0.2, 0.25) is 0 Å². The highest BCUT2D eigenvalue weighted by atomic mass is 32.1. The third-order valence-corrected chi connectivity index (χ3v) is 2.75. The van der Waals surface area contributed by atoms with Crippen LogP contribution < -0.4 is 10.6 Å². The predicted molar refractivity (Wildman–Crippen MR) is 75.7 cm³/mol. The van der Waals surface area contributed by atoms with Gasteiger partial charge < -0.3 is 10.4 Å². The molecule has 0 saturated heterocycles. The summed E-state index contributed by atoms with van der Waals surface area (Å²) in [5.41, 5.74) is 2.72. The third kappa shape index (κ3) is 4.18. The number of aliphatic carboxylic acids is 1. The highest BCUT2D eigenvalue weighted by molar-refractivity contribution is 7.13. The van der Waals surface area contributed by atoms with E-state index in [0.29, 0.717) is 16.4 Å². The number of hydrogen-bond donors (Lipinski definition) is 3. The summed E-state index contributed by atoms with van der Waals surface area (Å²) in [5, 5.41) is 21.4. The normalized spacial score (nSPS) is 10.4. The Morgan fingerprint density at radius 2 is 2.15 bits per heavy atom. The molecule has 3 N–H and O–H groups in total. The maximum Gasteiger partial charge on any atom is 0.328 e. The monoisotopic (exact) mass is 290 g/mol. The molecule has 0 aliphatic carbocycles. The minimum Gasteiger partial charge on any atom is -0.478 e. The number of rotatable bonds is 4. The largest absolute Gasteiger partial charge is 0.478 e. The first kappa shape index (κ1) is 13.7. The molecule has 20 heavy (non-hydrogen) atoms. The Bertz CT molecular complexity index is 640. The number of aromatic nitrogens is 2. The van der Waals surface area contributed by atoms with Gasteiger partial charge in [0.1, 0.15) is 5.51 Å². The molecule has 0 fully saturated rings. The first-order valence-electron chi connectivity index (χ1n) is 5.49. The molecule has 2 amide bonds. The van der Waals surface area contributed by atoms with Crippen LogP contribution in [0.5, 0.6) is 0 Å². The number of carboxylic acid groups (broad SMARTS) is 1. The smallest absolute Gasteiger partial charge is 0.328 e. The summed E-state index contributed by atoms with van der Waals surface area (Å²) in [7, 11) is 0. The fourth-order valence-electron chi connectivity index (χ4n) is 1.37. The Kier molecular flexibility index (Phi) is 4.40. The Labute approximate surface area is 118 Å². The van der Waals surface area contributed by atoms with Crippen LogP contribution in [0.25, 0.3) is 6.08 Å². The number of benzene rings is 1. The second-order valence-electron chi connectivity index (χ2n) is 3.62. The van der Waals surface area contributed by atoms with Crippen molar-refractivity contribution in [1.82, 2.24) is 10.2 Å². The molecule has 0 atom stereocenters. The summed E-state index contributed by atoms with van der Waals surface area (Å²) in [5.74, 6) is -1.03. The van der Waals surface area contributed by atoms with Crippen molar-refractivity contribution in [3.8, 4) is 0 Å². The molecule has 0 aliphatic heterocycles.